The lowest BCUT2D eigenvalue weighted by Crippen LogP contribution is -2.23. The first-order valence-corrected chi connectivity index (χ1v) is 4.90. The van der Waals surface area contributed by atoms with Gasteiger partial charge >= 0.3 is 5.97 Å². The van der Waals surface area contributed by atoms with Gasteiger partial charge in [-0.2, -0.15) is 0 Å². The van der Waals surface area contributed by atoms with E-state index in [0.29, 0.717) is 11.3 Å². The molecule has 0 atom stereocenters. The highest BCUT2D eigenvalue weighted by Crippen LogP contribution is 2.25. The summed E-state index contributed by atoms with van der Waals surface area (Å²) in [5, 5.41) is 1.02. The van der Waals surface area contributed by atoms with Crippen molar-refractivity contribution in [2.75, 3.05) is 5.06 Å². The van der Waals surface area contributed by atoms with Gasteiger partial charge in [-0.05, 0) is 26.0 Å². The molecule has 1 aromatic rings. The molecule has 0 radical (unpaired) electrons. The Labute approximate surface area is 93.1 Å². The normalized spacial score (nSPS) is 15.4. The van der Waals surface area contributed by atoms with Crippen molar-refractivity contribution < 1.29 is 14.4 Å². The summed E-state index contributed by atoms with van der Waals surface area (Å²) in [4.78, 5) is 28.3. The number of hydrogen-bond donors (Lipinski definition) is 0. The Morgan fingerprint density at radius 2 is 1.75 bits per heavy atom. The molecule has 0 aliphatic carbocycles. The molecule has 1 amide bonds. The van der Waals surface area contributed by atoms with E-state index in [1.165, 1.54) is 0 Å². The molecule has 1 fully saturated rings. The minimum absolute atomic E-state index is 0.115. The van der Waals surface area contributed by atoms with E-state index in [0.717, 1.165) is 5.06 Å². The Morgan fingerprint density at radius 1 is 1.12 bits per heavy atom. The Bertz CT molecular complexity index is 472. The molecule has 1 aliphatic rings. The number of allylic oxidation sites excluding steroid dienone is 1. The lowest BCUT2D eigenvalue weighted by molar-refractivity contribution is -0.137. The van der Waals surface area contributed by atoms with Crippen LogP contribution in [0.1, 0.15) is 13.8 Å². The van der Waals surface area contributed by atoms with E-state index in [1.54, 1.807) is 38.1 Å². The van der Waals surface area contributed by atoms with Crippen molar-refractivity contribution >= 4 is 17.6 Å². The van der Waals surface area contributed by atoms with E-state index >= 15 is 0 Å². The Balaban J connectivity index is 2.40. The SMILES string of the molecule is CC(C)=C1C(=O)ON(c2ccccc2)C1=O. The van der Waals surface area contributed by atoms with E-state index in [2.05, 4.69) is 0 Å². The van der Waals surface area contributed by atoms with Gasteiger partial charge in [0.25, 0.3) is 5.91 Å². The molecule has 0 aromatic heterocycles. The second-order valence-corrected chi connectivity index (χ2v) is 3.69. The van der Waals surface area contributed by atoms with E-state index in [1.807, 2.05) is 6.07 Å². The van der Waals surface area contributed by atoms with Crippen LogP contribution in [0.2, 0.25) is 0 Å². The van der Waals surface area contributed by atoms with Crippen molar-refractivity contribution in [2.45, 2.75) is 13.8 Å². The van der Waals surface area contributed by atoms with Crippen LogP contribution in [0.4, 0.5) is 5.69 Å². The first-order chi connectivity index (χ1) is 7.61. The zero-order valence-corrected chi connectivity index (χ0v) is 9.06. The zero-order valence-electron chi connectivity index (χ0n) is 9.06. The highest BCUT2D eigenvalue weighted by atomic mass is 16.7. The van der Waals surface area contributed by atoms with Crippen LogP contribution in [0, 0.1) is 0 Å². The number of carbonyl (C=O) groups is 2. The predicted molar refractivity (Wildman–Crippen MR) is 58.4 cm³/mol. The van der Waals surface area contributed by atoms with E-state index in [9.17, 15) is 9.59 Å². The van der Waals surface area contributed by atoms with Crippen molar-refractivity contribution in [1.29, 1.82) is 0 Å². The number of anilines is 1. The van der Waals surface area contributed by atoms with E-state index in [4.69, 9.17) is 4.84 Å². The van der Waals surface area contributed by atoms with Gasteiger partial charge in [-0.1, -0.05) is 23.8 Å². The molecule has 0 N–H and O–H groups in total. The number of nitrogens with zero attached hydrogens (tertiary/aromatic N) is 1. The Hall–Kier alpha value is -2.10. The number of rotatable bonds is 1. The second-order valence-electron chi connectivity index (χ2n) is 3.69. The molecule has 82 valence electrons. The summed E-state index contributed by atoms with van der Waals surface area (Å²) in [6.07, 6.45) is 0. The lowest BCUT2D eigenvalue weighted by atomic mass is 10.1. The molecule has 1 heterocycles. The van der Waals surface area contributed by atoms with Gasteiger partial charge in [-0.3, -0.25) is 4.79 Å². The maximum absolute atomic E-state index is 11.9. The van der Waals surface area contributed by atoms with Gasteiger partial charge in [-0.15, -0.1) is 5.06 Å². The minimum Gasteiger partial charge on any atom is -0.327 e. The van der Waals surface area contributed by atoms with Crippen molar-refractivity contribution in [2.24, 2.45) is 0 Å². The van der Waals surface area contributed by atoms with Crippen molar-refractivity contribution in [3.63, 3.8) is 0 Å². The highest BCUT2D eigenvalue weighted by molar-refractivity contribution is 6.26. The summed E-state index contributed by atoms with van der Waals surface area (Å²) >= 11 is 0. The molecule has 16 heavy (non-hydrogen) atoms. The van der Waals surface area contributed by atoms with Gasteiger partial charge in [0.1, 0.15) is 5.57 Å². The van der Waals surface area contributed by atoms with E-state index in [-0.39, 0.29) is 5.57 Å². The smallest absolute Gasteiger partial charge is 0.327 e. The van der Waals surface area contributed by atoms with Crippen molar-refractivity contribution in [1.82, 2.24) is 0 Å². The van der Waals surface area contributed by atoms with Crippen molar-refractivity contribution in [3.05, 3.63) is 41.5 Å². The summed E-state index contributed by atoms with van der Waals surface area (Å²) in [6.45, 7) is 3.42. The number of hydrogen-bond acceptors (Lipinski definition) is 3. The number of amides is 1. The lowest BCUT2D eigenvalue weighted by Gasteiger charge is -2.11. The topological polar surface area (TPSA) is 46.6 Å². The molecule has 1 saturated heterocycles. The molecule has 0 spiro atoms. The minimum atomic E-state index is -0.589. The zero-order chi connectivity index (χ0) is 11.7. The number of benzene rings is 1. The molecule has 4 nitrogen and oxygen atoms in total. The van der Waals surface area contributed by atoms with Gasteiger partial charge in [0, 0.05) is 0 Å². The van der Waals surface area contributed by atoms with Crippen LogP contribution in [0.5, 0.6) is 0 Å². The molecule has 0 saturated carbocycles. The average Bonchev–Trinajstić information content (AvgIpc) is 2.55. The average molecular weight is 217 g/mol. The van der Waals surface area contributed by atoms with Gasteiger partial charge in [0.15, 0.2) is 0 Å². The number of para-hydroxylation sites is 1. The van der Waals surface area contributed by atoms with Crippen LogP contribution in [0.3, 0.4) is 0 Å². The maximum atomic E-state index is 11.9. The monoisotopic (exact) mass is 217 g/mol. The summed E-state index contributed by atoms with van der Waals surface area (Å²) < 4.78 is 0. The van der Waals surface area contributed by atoms with Crippen LogP contribution < -0.4 is 5.06 Å². The van der Waals surface area contributed by atoms with Crippen LogP contribution >= 0.6 is 0 Å². The summed E-state index contributed by atoms with van der Waals surface area (Å²) in [5.74, 6) is -0.995. The Morgan fingerprint density at radius 3 is 2.25 bits per heavy atom. The molecular formula is C12H11NO3. The van der Waals surface area contributed by atoms with Crippen molar-refractivity contribution in [3.8, 4) is 0 Å². The summed E-state index contributed by atoms with van der Waals surface area (Å²) in [7, 11) is 0. The molecule has 0 unspecified atom stereocenters. The molecule has 4 heteroatoms. The number of hydroxylamine groups is 1. The second kappa shape index (κ2) is 3.81. The van der Waals surface area contributed by atoms with Gasteiger partial charge in [-0.25, -0.2) is 4.79 Å². The molecule has 1 aromatic carbocycles. The summed E-state index contributed by atoms with van der Waals surface area (Å²) in [6, 6.07) is 8.79. The quantitative estimate of drug-likeness (QED) is 0.532. The summed E-state index contributed by atoms with van der Waals surface area (Å²) in [5.41, 5.74) is 1.33. The molecule has 1 aliphatic heterocycles. The maximum Gasteiger partial charge on any atom is 0.369 e. The fraction of sp³-hybridized carbons (Fsp3) is 0.167. The van der Waals surface area contributed by atoms with Gasteiger partial charge < -0.3 is 4.84 Å². The van der Waals surface area contributed by atoms with E-state index < -0.39 is 11.9 Å². The Kier molecular flexibility index (Phi) is 2.48. The molecule has 0 bridgehead atoms. The van der Waals surface area contributed by atoms with Crippen LogP contribution in [-0.4, -0.2) is 11.9 Å². The number of carbonyl (C=O) groups excluding carboxylic acids is 2. The highest BCUT2D eigenvalue weighted by Gasteiger charge is 2.38. The molecular weight excluding hydrogens is 206 g/mol. The standard InChI is InChI=1S/C12H11NO3/c1-8(2)10-11(14)13(16-12(10)15)9-6-4-3-5-7-9/h3-7H,1-2H3. The third-order valence-electron chi connectivity index (χ3n) is 2.27. The predicted octanol–water partition coefficient (Wildman–Crippen LogP) is 1.83. The van der Waals surface area contributed by atoms with Gasteiger partial charge in [0.2, 0.25) is 0 Å². The third-order valence-corrected chi connectivity index (χ3v) is 2.27. The fourth-order valence-corrected chi connectivity index (χ4v) is 1.51. The fourth-order valence-electron chi connectivity index (χ4n) is 1.51. The first kappa shape index (κ1) is 10.4. The van der Waals surface area contributed by atoms with Crippen LogP contribution in [0.15, 0.2) is 41.5 Å². The third kappa shape index (κ3) is 1.58. The first-order valence-electron chi connectivity index (χ1n) is 4.90. The van der Waals surface area contributed by atoms with Crippen LogP contribution in [0.25, 0.3) is 0 Å². The van der Waals surface area contributed by atoms with Crippen LogP contribution in [-0.2, 0) is 14.4 Å². The van der Waals surface area contributed by atoms with Gasteiger partial charge in [0.05, 0.1) is 5.69 Å². The largest absolute Gasteiger partial charge is 0.369 e. The molecule has 2 rings (SSSR count).